The molecule has 1 aromatic carbocycles. The summed E-state index contributed by atoms with van der Waals surface area (Å²) in [5.74, 6) is 0.205. The minimum absolute atomic E-state index is 0.251. The van der Waals surface area contributed by atoms with E-state index < -0.39 is 0 Å². The van der Waals surface area contributed by atoms with Gasteiger partial charge in [0.05, 0.1) is 11.3 Å². The lowest BCUT2D eigenvalue weighted by molar-refractivity contribution is 0.102. The molecule has 114 valence electrons. The predicted octanol–water partition coefficient (Wildman–Crippen LogP) is 3.85. The van der Waals surface area contributed by atoms with Crippen LogP contribution in [-0.4, -0.2) is 22.1 Å². The van der Waals surface area contributed by atoms with Crippen LogP contribution in [0.2, 0.25) is 0 Å². The van der Waals surface area contributed by atoms with Crippen molar-refractivity contribution in [3.63, 3.8) is 0 Å². The van der Waals surface area contributed by atoms with Crippen molar-refractivity contribution in [2.45, 2.75) is 6.92 Å². The van der Waals surface area contributed by atoms with E-state index in [2.05, 4.69) is 20.3 Å². The Kier molecular flexibility index (Phi) is 4.54. The van der Waals surface area contributed by atoms with Crippen LogP contribution in [0.3, 0.4) is 0 Å². The monoisotopic (exact) mass is 322 g/mol. The highest BCUT2D eigenvalue weighted by molar-refractivity contribution is 7.13. The molecule has 0 aliphatic heterocycles. The number of aliphatic imine (C=N–C) groups is 1. The van der Waals surface area contributed by atoms with Crippen LogP contribution in [0.5, 0.6) is 0 Å². The van der Waals surface area contributed by atoms with Crippen LogP contribution in [0.25, 0.3) is 0 Å². The van der Waals surface area contributed by atoms with Crippen molar-refractivity contribution in [3.05, 3.63) is 70.3 Å². The average molecular weight is 322 g/mol. The first-order valence-corrected chi connectivity index (χ1v) is 7.81. The fourth-order valence-electron chi connectivity index (χ4n) is 1.98. The summed E-state index contributed by atoms with van der Waals surface area (Å²) in [4.78, 5) is 26.9. The fourth-order valence-corrected chi connectivity index (χ4v) is 2.73. The van der Waals surface area contributed by atoms with Gasteiger partial charge in [-0.25, -0.2) is 9.97 Å². The molecule has 0 aliphatic rings. The van der Waals surface area contributed by atoms with Crippen LogP contribution in [0.4, 0.5) is 11.5 Å². The average Bonchev–Trinajstić information content (AvgIpc) is 2.99. The summed E-state index contributed by atoms with van der Waals surface area (Å²) in [6.07, 6.45) is 4.74. The Balaban J connectivity index is 1.82. The Morgan fingerprint density at radius 3 is 2.83 bits per heavy atom. The Morgan fingerprint density at radius 2 is 2.09 bits per heavy atom. The summed E-state index contributed by atoms with van der Waals surface area (Å²) in [6, 6.07) is 12.9. The molecule has 2 heterocycles. The minimum Gasteiger partial charge on any atom is -0.306 e. The van der Waals surface area contributed by atoms with Gasteiger partial charge in [0.15, 0.2) is 0 Å². The van der Waals surface area contributed by atoms with Gasteiger partial charge in [-0.2, -0.15) is 0 Å². The first-order valence-electron chi connectivity index (χ1n) is 6.99. The molecule has 0 bridgehead atoms. The van der Waals surface area contributed by atoms with Gasteiger partial charge in [-0.15, -0.1) is 11.3 Å². The van der Waals surface area contributed by atoms with Gasteiger partial charge < -0.3 is 5.32 Å². The maximum Gasteiger partial charge on any atom is 0.259 e. The van der Waals surface area contributed by atoms with Crippen molar-refractivity contribution in [1.82, 2.24) is 9.97 Å². The van der Waals surface area contributed by atoms with E-state index in [1.54, 1.807) is 35.9 Å². The molecule has 0 radical (unpaired) electrons. The minimum atomic E-state index is -0.251. The third kappa shape index (κ3) is 3.87. The highest BCUT2D eigenvalue weighted by atomic mass is 32.1. The summed E-state index contributed by atoms with van der Waals surface area (Å²) in [7, 11) is 0. The normalized spacial score (nSPS) is 10.8. The molecule has 3 rings (SSSR count). The molecule has 5 nitrogen and oxygen atoms in total. The van der Waals surface area contributed by atoms with Crippen molar-refractivity contribution in [2.24, 2.45) is 4.99 Å². The quantitative estimate of drug-likeness (QED) is 0.742. The van der Waals surface area contributed by atoms with Gasteiger partial charge in [0, 0.05) is 22.2 Å². The lowest BCUT2D eigenvalue weighted by Gasteiger charge is -2.06. The number of aryl methyl sites for hydroxylation is 1. The number of amides is 1. The van der Waals surface area contributed by atoms with Crippen molar-refractivity contribution in [1.29, 1.82) is 0 Å². The summed E-state index contributed by atoms with van der Waals surface area (Å²) in [5.41, 5.74) is 1.11. The molecule has 1 N–H and O–H groups in total. The molecular formula is C17H14N4OS. The zero-order chi connectivity index (χ0) is 16.1. The van der Waals surface area contributed by atoms with E-state index >= 15 is 0 Å². The number of carbonyl (C=O) groups is 1. The van der Waals surface area contributed by atoms with Gasteiger partial charge >= 0.3 is 0 Å². The number of carbonyl (C=O) groups excluding carboxylic acids is 1. The van der Waals surface area contributed by atoms with Crippen molar-refractivity contribution in [2.75, 3.05) is 5.32 Å². The first-order chi connectivity index (χ1) is 11.2. The molecule has 2 aromatic heterocycles. The number of hydrogen-bond acceptors (Lipinski definition) is 5. The number of rotatable bonds is 4. The van der Waals surface area contributed by atoms with Gasteiger partial charge in [-0.3, -0.25) is 9.79 Å². The fraction of sp³-hybridized carbons (Fsp3) is 0.0588. The largest absolute Gasteiger partial charge is 0.306 e. The third-order valence-electron chi connectivity index (χ3n) is 3.06. The van der Waals surface area contributed by atoms with E-state index in [1.165, 1.54) is 11.2 Å². The lowest BCUT2D eigenvalue weighted by Crippen LogP contribution is -2.13. The number of aromatic nitrogens is 2. The lowest BCUT2D eigenvalue weighted by atomic mass is 10.1. The molecule has 3 aromatic rings. The number of para-hydroxylation sites is 1. The molecule has 23 heavy (non-hydrogen) atoms. The Labute approximate surface area is 137 Å². The number of anilines is 1. The van der Waals surface area contributed by atoms with Crippen molar-refractivity contribution >= 4 is 35.0 Å². The van der Waals surface area contributed by atoms with Crippen LogP contribution < -0.4 is 5.32 Å². The molecule has 0 saturated carbocycles. The van der Waals surface area contributed by atoms with Crippen LogP contribution >= 0.6 is 11.3 Å². The van der Waals surface area contributed by atoms with E-state index in [9.17, 15) is 4.79 Å². The molecule has 1 amide bonds. The van der Waals surface area contributed by atoms with Crippen LogP contribution in [0.1, 0.15) is 20.1 Å². The van der Waals surface area contributed by atoms with Gasteiger partial charge in [-0.05, 0) is 37.3 Å². The van der Waals surface area contributed by atoms with Crippen LogP contribution in [0, 0.1) is 6.92 Å². The highest BCUT2D eigenvalue weighted by Crippen LogP contribution is 2.21. The molecule has 0 spiro atoms. The van der Waals surface area contributed by atoms with E-state index in [0.717, 1.165) is 4.88 Å². The maximum atomic E-state index is 12.4. The molecule has 6 heteroatoms. The number of nitrogens with one attached hydrogen (secondary N) is 1. The smallest absolute Gasteiger partial charge is 0.259 e. The molecule has 0 unspecified atom stereocenters. The zero-order valence-corrected chi connectivity index (χ0v) is 13.2. The molecule has 0 fully saturated rings. The Bertz CT molecular complexity index is 843. The molecule has 0 aliphatic carbocycles. The number of hydrogen-bond donors (Lipinski definition) is 1. The van der Waals surface area contributed by atoms with E-state index in [4.69, 9.17) is 0 Å². The second-order valence-electron chi connectivity index (χ2n) is 4.77. The van der Waals surface area contributed by atoms with Gasteiger partial charge in [0.2, 0.25) is 0 Å². The van der Waals surface area contributed by atoms with Gasteiger partial charge in [0.1, 0.15) is 12.1 Å². The SMILES string of the molecule is Cc1ccc(C=Nc2ccccc2C(=O)Nc2ccncn2)s1. The standard InChI is InChI=1S/C17H14N4OS/c1-12-6-7-13(23-12)10-19-15-5-3-2-4-14(15)17(22)21-16-8-9-18-11-20-16/h2-11H,1H3,(H,18,20,21,22). The van der Waals surface area contributed by atoms with Gasteiger partial charge in [-0.1, -0.05) is 12.1 Å². The topological polar surface area (TPSA) is 67.2 Å². The summed E-state index contributed by atoms with van der Waals surface area (Å²) < 4.78 is 0. The van der Waals surface area contributed by atoms with Crippen LogP contribution in [0.15, 0.2) is 60.0 Å². The molecule has 0 atom stereocenters. The number of benzene rings is 1. The zero-order valence-electron chi connectivity index (χ0n) is 12.4. The first kappa shape index (κ1) is 15.1. The number of thiophene rings is 1. The third-order valence-corrected chi connectivity index (χ3v) is 4.00. The van der Waals surface area contributed by atoms with E-state index in [1.807, 2.05) is 37.3 Å². The summed E-state index contributed by atoms with van der Waals surface area (Å²) in [6.45, 7) is 2.05. The highest BCUT2D eigenvalue weighted by Gasteiger charge is 2.11. The Morgan fingerprint density at radius 1 is 1.22 bits per heavy atom. The second kappa shape index (κ2) is 6.93. The summed E-state index contributed by atoms with van der Waals surface area (Å²) in [5, 5.41) is 2.74. The van der Waals surface area contributed by atoms with E-state index in [0.29, 0.717) is 17.1 Å². The maximum absolute atomic E-state index is 12.4. The molecule has 0 saturated heterocycles. The Hall–Kier alpha value is -2.86. The number of nitrogens with zero attached hydrogens (tertiary/aromatic N) is 3. The van der Waals surface area contributed by atoms with Gasteiger partial charge in [0.25, 0.3) is 5.91 Å². The predicted molar refractivity (Wildman–Crippen MR) is 92.7 cm³/mol. The summed E-state index contributed by atoms with van der Waals surface area (Å²) >= 11 is 1.66. The molecular weight excluding hydrogens is 308 g/mol. The van der Waals surface area contributed by atoms with Crippen molar-refractivity contribution < 1.29 is 4.79 Å². The second-order valence-corrected chi connectivity index (χ2v) is 6.09. The van der Waals surface area contributed by atoms with Crippen LogP contribution in [-0.2, 0) is 0 Å². The van der Waals surface area contributed by atoms with Crippen molar-refractivity contribution in [3.8, 4) is 0 Å². The van der Waals surface area contributed by atoms with E-state index in [-0.39, 0.29) is 5.91 Å².